The van der Waals surface area contributed by atoms with Crippen LogP contribution in [0.25, 0.3) is 0 Å². The minimum absolute atomic E-state index is 0.0617. The molecule has 1 aromatic rings. The standard InChI is InChI=1S/C16H22BrNO/c1-12(14-8-4-5-9-15(14)17)18-16(19)11-10-13-6-2-3-7-13/h4-5,8-9,12-13H,2-3,6-7,10-11H2,1H3,(H,18,19). The molecule has 1 aromatic carbocycles. The van der Waals surface area contributed by atoms with Gasteiger partial charge in [0.25, 0.3) is 0 Å². The molecule has 1 unspecified atom stereocenters. The Balaban J connectivity index is 1.79. The average molecular weight is 324 g/mol. The van der Waals surface area contributed by atoms with Crippen LogP contribution in [0.2, 0.25) is 0 Å². The van der Waals surface area contributed by atoms with E-state index >= 15 is 0 Å². The lowest BCUT2D eigenvalue weighted by Gasteiger charge is -2.16. The van der Waals surface area contributed by atoms with Gasteiger partial charge in [0.1, 0.15) is 0 Å². The molecule has 0 saturated heterocycles. The van der Waals surface area contributed by atoms with E-state index < -0.39 is 0 Å². The van der Waals surface area contributed by atoms with Crippen molar-refractivity contribution < 1.29 is 4.79 Å². The molecule has 19 heavy (non-hydrogen) atoms. The fraction of sp³-hybridized carbons (Fsp3) is 0.562. The first-order valence-corrected chi connectivity index (χ1v) is 8.00. The summed E-state index contributed by atoms with van der Waals surface area (Å²) in [6.45, 7) is 2.04. The van der Waals surface area contributed by atoms with Gasteiger partial charge in [-0.1, -0.05) is 59.8 Å². The fourth-order valence-electron chi connectivity index (χ4n) is 2.85. The molecule has 1 aliphatic rings. The third-order valence-electron chi connectivity index (χ3n) is 4.00. The van der Waals surface area contributed by atoms with Gasteiger partial charge in [-0.15, -0.1) is 0 Å². The number of nitrogens with one attached hydrogen (secondary N) is 1. The third kappa shape index (κ3) is 4.34. The van der Waals surface area contributed by atoms with Gasteiger partial charge in [0.2, 0.25) is 5.91 Å². The van der Waals surface area contributed by atoms with E-state index in [9.17, 15) is 4.79 Å². The molecule has 1 amide bonds. The minimum Gasteiger partial charge on any atom is -0.350 e. The van der Waals surface area contributed by atoms with Crippen LogP contribution in [0.15, 0.2) is 28.7 Å². The van der Waals surface area contributed by atoms with Gasteiger partial charge in [0, 0.05) is 10.9 Å². The summed E-state index contributed by atoms with van der Waals surface area (Å²) in [5.41, 5.74) is 1.14. The van der Waals surface area contributed by atoms with Crippen LogP contribution in [-0.4, -0.2) is 5.91 Å². The summed E-state index contributed by atoms with van der Waals surface area (Å²) in [5.74, 6) is 0.958. The van der Waals surface area contributed by atoms with Gasteiger partial charge in [0.05, 0.1) is 6.04 Å². The summed E-state index contributed by atoms with van der Waals surface area (Å²) in [7, 11) is 0. The molecule has 104 valence electrons. The zero-order chi connectivity index (χ0) is 13.7. The van der Waals surface area contributed by atoms with Crippen LogP contribution >= 0.6 is 15.9 Å². The van der Waals surface area contributed by atoms with Crippen molar-refractivity contribution in [2.24, 2.45) is 5.92 Å². The van der Waals surface area contributed by atoms with Gasteiger partial charge in [0.15, 0.2) is 0 Å². The highest BCUT2D eigenvalue weighted by molar-refractivity contribution is 9.10. The largest absolute Gasteiger partial charge is 0.350 e. The summed E-state index contributed by atoms with van der Waals surface area (Å²) in [5, 5.41) is 3.09. The number of hydrogen-bond acceptors (Lipinski definition) is 1. The number of carbonyl (C=O) groups is 1. The Kier molecular flexibility index (Phi) is 5.44. The molecule has 1 atom stereocenters. The van der Waals surface area contributed by atoms with E-state index in [0.29, 0.717) is 6.42 Å². The number of halogens is 1. The highest BCUT2D eigenvalue weighted by Gasteiger charge is 2.17. The van der Waals surface area contributed by atoms with Crippen molar-refractivity contribution in [1.29, 1.82) is 0 Å². The molecule has 0 bridgehead atoms. The maximum atomic E-state index is 12.0. The second kappa shape index (κ2) is 7.09. The summed E-state index contributed by atoms with van der Waals surface area (Å²) in [4.78, 5) is 12.0. The van der Waals surface area contributed by atoms with Crippen LogP contribution in [-0.2, 0) is 4.79 Å². The Hall–Kier alpha value is -0.830. The Morgan fingerprint density at radius 1 is 1.37 bits per heavy atom. The fourth-order valence-corrected chi connectivity index (χ4v) is 3.48. The number of hydrogen-bond donors (Lipinski definition) is 1. The van der Waals surface area contributed by atoms with Crippen molar-refractivity contribution >= 4 is 21.8 Å². The molecular formula is C16H22BrNO. The molecule has 0 aliphatic heterocycles. The van der Waals surface area contributed by atoms with E-state index in [1.165, 1.54) is 25.7 Å². The van der Waals surface area contributed by atoms with Gasteiger partial charge in [-0.05, 0) is 30.9 Å². The van der Waals surface area contributed by atoms with E-state index in [-0.39, 0.29) is 11.9 Å². The monoisotopic (exact) mass is 323 g/mol. The second-order valence-electron chi connectivity index (χ2n) is 5.50. The summed E-state index contributed by atoms with van der Waals surface area (Å²) in [6, 6.07) is 8.11. The first-order valence-electron chi connectivity index (χ1n) is 7.20. The number of benzene rings is 1. The zero-order valence-corrected chi connectivity index (χ0v) is 13.1. The van der Waals surface area contributed by atoms with Crippen LogP contribution in [0.1, 0.15) is 57.1 Å². The highest BCUT2D eigenvalue weighted by atomic mass is 79.9. The third-order valence-corrected chi connectivity index (χ3v) is 4.73. The quantitative estimate of drug-likeness (QED) is 0.843. The topological polar surface area (TPSA) is 29.1 Å². The maximum Gasteiger partial charge on any atom is 0.220 e. The minimum atomic E-state index is 0.0617. The lowest BCUT2D eigenvalue weighted by molar-refractivity contribution is -0.122. The summed E-state index contributed by atoms with van der Waals surface area (Å²) in [6.07, 6.45) is 7.04. The van der Waals surface area contributed by atoms with Gasteiger partial charge >= 0.3 is 0 Å². The first kappa shape index (κ1) is 14.6. The Morgan fingerprint density at radius 2 is 2.05 bits per heavy atom. The van der Waals surface area contributed by atoms with Crippen molar-refractivity contribution in [3.63, 3.8) is 0 Å². The molecular weight excluding hydrogens is 302 g/mol. The molecule has 0 radical (unpaired) electrons. The molecule has 0 aromatic heterocycles. The van der Waals surface area contributed by atoms with Crippen molar-refractivity contribution in [3.05, 3.63) is 34.3 Å². The number of rotatable bonds is 5. The average Bonchev–Trinajstić information content (AvgIpc) is 2.90. The van der Waals surface area contributed by atoms with Gasteiger partial charge < -0.3 is 5.32 Å². The van der Waals surface area contributed by atoms with Crippen molar-refractivity contribution in [1.82, 2.24) is 5.32 Å². The predicted octanol–water partition coefficient (Wildman–Crippen LogP) is 4.60. The molecule has 1 N–H and O–H groups in total. The zero-order valence-electron chi connectivity index (χ0n) is 11.5. The van der Waals surface area contributed by atoms with E-state index in [2.05, 4.69) is 21.2 Å². The summed E-state index contributed by atoms with van der Waals surface area (Å²) >= 11 is 3.53. The maximum absolute atomic E-state index is 12.0. The highest BCUT2D eigenvalue weighted by Crippen LogP contribution is 2.28. The summed E-state index contributed by atoms with van der Waals surface area (Å²) < 4.78 is 1.05. The lowest BCUT2D eigenvalue weighted by Crippen LogP contribution is -2.27. The molecule has 2 rings (SSSR count). The van der Waals surface area contributed by atoms with Gasteiger partial charge in [-0.3, -0.25) is 4.79 Å². The van der Waals surface area contributed by atoms with E-state index in [1.807, 2.05) is 31.2 Å². The van der Waals surface area contributed by atoms with Crippen LogP contribution in [0.4, 0.5) is 0 Å². The van der Waals surface area contributed by atoms with Crippen LogP contribution < -0.4 is 5.32 Å². The van der Waals surface area contributed by atoms with Crippen molar-refractivity contribution in [3.8, 4) is 0 Å². The molecule has 1 aliphatic carbocycles. The Labute approximate surface area is 124 Å². The van der Waals surface area contributed by atoms with Crippen LogP contribution in [0, 0.1) is 5.92 Å². The van der Waals surface area contributed by atoms with E-state index in [0.717, 1.165) is 22.4 Å². The number of amides is 1. The number of carbonyl (C=O) groups excluding carboxylic acids is 1. The molecule has 1 fully saturated rings. The smallest absolute Gasteiger partial charge is 0.220 e. The lowest BCUT2D eigenvalue weighted by atomic mass is 10.0. The van der Waals surface area contributed by atoms with E-state index in [4.69, 9.17) is 0 Å². The SMILES string of the molecule is CC(NC(=O)CCC1CCCC1)c1ccccc1Br. The molecule has 3 heteroatoms. The molecule has 1 saturated carbocycles. The Bertz CT molecular complexity index is 427. The second-order valence-corrected chi connectivity index (χ2v) is 6.35. The molecule has 0 heterocycles. The van der Waals surface area contributed by atoms with Gasteiger partial charge in [-0.2, -0.15) is 0 Å². The van der Waals surface area contributed by atoms with Crippen LogP contribution in [0.5, 0.6) is 0 Å². The molecule has 0 spiro atoms. The van der Waals surface area contributed by atoms with Gasteiger partial charge in [-0.25, -0.2) is 0 Å². The normalized spacial score (nSPS) is 17.4. The van der Waals surface area contributed by atoms with Crippen molar-refractivity contribution in [2.45, 2.75) is 51.5 Å². The molecule has 2 nitrogen and oxygen atoms in total. The Morgan fingerprint density at radius 3 is 2.74 bits per heavy atom. The van der Waals surface area contributed by atoms with E-state index in [1.54, 1.807) is 0 Å². The first-order chi connectivity index (χ1) is 9.16. The van der Waals surface area contributed by atoms with Crippen LogP contribution in [0.3, 0.4) is 0 Å². The van der Waals surface area contributed by atoms with Crippen molar-refractivity contribution in [2.75, 3.05) is 0 Å². The predicted molar refractivity (Wildman–Crippen MR) is 81.9 cm³/mol.